The van der Waals surface area contributed by atoms with E-state index in [1.165, 1.54) is 5.56 Å². The number of aromatic amines is 1. The quantitative estimate of drug-likeness (QED) is 0.734. The van der Waals surface area contributed by atoms with E-state index >= 15 is 0 Å². The molecule has 0 aliphatic heterocycles. The molecule has 0 spiro atoms. The van der Waals surface area contributed by atoms with Crippen molar-refractivity contribution in [2.45, 2.75) is 26.7 Å². The Labute approximate surface area is 147 Å². The van der Waals surface area contributed by atoms with Gasteiger partial charge in [-0.15, -0.1) is 0 Å². The number of ether oxygens (including phenoxy) is 1. The number of H-pyrrole nitrogens is 1. The molecule has 0 aliphatic carbocycles. The number of nitrogens with one attached hydrogen (secondary N) is 1. The third-order valence-electron chi connectivity index (χ3n) is 4.45. The standard InChI is InChI=1S/C20H23N3O2/c1-4-23(20(24)25-5-2)16-10-9-15-7-6-8-17(18(15)11-16)14(3)19-12-21-13-22-19/h6-14H,4-5H2,1-3H3,(H,21,22). The second-order valence-corrected chi connectivity index (χ2v) is 5.91. The lowest BCUT2D eigenvalue weighted by Crippen LogP contribution is -2.31. The average molecular weight is 337 g/mol. The largest absolute Gasteiger partial charge is 0.449 e. The van der Waals surface area contributed by atoms with E-state index in [1.54, 1.807) is 11.2 Å². The molecule has 3 rings (SSSR count). The third-order valence-corrected chi connectivity index (χ3v) is 4.45. The summed E-state index contributed by atoms with van der Waals surface area (Å²) in [6.45, 7) is 6.82. The summed E-state index contributed by atoms with van der Waals surface area (Å²) >= 11 is 0. The number of aromatic nitrogens is 2. The molecular formula is C20H23N3O2. The number of amides is 1. The number of nitrogens with zero attached hydrogens (tertiary/aromatic N) is 2. The lowest BCUT2D eigenvalue weighted by atomic mass is 9.92. The molecule has 130 valence electrons. The van der Waals surface area contributed by atoms with Gasteiger partial charge in [-0.2, -0.15) is 0 Å². The molecule has 0 bridgehead atoms. The van der Waals surface area contributed by atoms with Gasteiger partial charge in [0.25, 0.3) is 0 Å². The van der Waals surface area contributed by atoms with Crippen molar-refractivity contribution in [2.24, 2.45) is 0 Å². The molecule has 1 unspecified atom stereocenters. The predicted molar refractivity (Wildman–Crippen MR) is 100 cm³/mol. The second kappa shape index (κ2) is 7.38. The molecular weight excluding hydrogens is 314 g/mol. The normalized spacial score (nSPS) is 12.1. The summed E-state index contributed by atoms with van der Waals surface area (Å²) in [5, 5.41) is 2.27. The van der Waals surface area contributed by atoms with Gasteiger partial charge in [0.05, 0.1) is 18.6 Å². The summed E-state index contributed by atoms with van der Waals surface area (Å²) < 4.78 is 5.17. The van der Waals surface area contributed by atoms with Gasteiger partial charge in [0, 0.05) is 24.3 Å². The maximum atomic E-state index is 12.2. The van der Waals surface area contributed by atoms with Gasteiger partial charge in [-0.05, 0) is 42.3 Å². The number of carbonyl (C=O) groups excluding carboxylic acids is 1. The van der Waals surface area contributed by atoms with Crippen LogP contribution in [0.15, 0.2) is 48.9 Å². The van der Waals surface area contributed by atoms with Gasteiger partial charge >= 0.3 is 6.09 Å². The van der Waals surface area contributed by atoms with Crippen LogP contribution in [0.5, 0.6) is 0 Å². The molecule has 1 N–H and O–H groups in total. The minimum absolute atomic E-state index is 0.155. The SMILES string of the molecule is CCOC(=O)N(CC)c1ccc2cccc(C(C)c3c[nH]cn3)c2c1. The number of hydrogen-bond donors (Lipinski definition) is 1. The van der Waals surface area contributed by atoms with Crippen molar-refractivity contribution in [3.63, 3.8) is 0 Å². The zero-order chi connectivity index (χ0) is 17.8. The smallest absolute Gasteiger partial charge is 0.414 e. The highest BCUT2D eigenvalue weighted by atomic mass is 16.6. The number of fused-ring (bicyclic) bond motifs is 1. The Morgan fingerprint density at radius 1 is 1.28 bits per heavy atom. The van der Waals surface area contributed by atoms with Gasteiger partial charge in [-0.1, -0.05) is 31.2 Å². The topological polar surface area (TPSA) is 58.2 Å². The molecule has 1 atom stereocenters. The van der Waals surface area contributed by atoms with Gasteiger partial charge in [0.2, 0.25) is 0 Å². The predicted octanol–water partition coefficient (Wildman–Crippen LogP) is 4.70. The lowest BCUT2D eigenvalue weighted by Gasteiger charge is -2.21. The van der Waals surface area contributed by atoms with Crippen LogP contribution in [0.3, 0.4) is 0 Å². The van der Waals surface area contributed by atoms with Crippen LogP contribution < -0.4 is 4.90 Å². The molecule has 3 aromatic rings. The van der Waals surface area contributed by atoms with Crippen molar-refractivity contribution in [1.82, 2.24) is 9.97 Å². The van der Waals surface area contributed by atoms with E-state index in [0.29, 0.717) is 13.2 Å². The number of hydrogen-bond acceptors (Lipinski definition) is 3. The van der Waals surface area contributed by atoms with Gasteiger partial charge in [0.1, 0.15) is 0 Å². The zero-order valence-corrected chi connectivity index (χ0v) is 14.8. The molecule has 5 heteroatoms. The first-order chi connectivity index (χ1) is 12.2. The number of carbonyl (C=O) groups is 1. The van der Waals surface area contributed by atoms with Crippen LogP contribution in [0.2, 0.25) is 0 Å². The van der Waals surface area contributed by atoms with E-state index in [4.69, 9.17) is 4.74 Å². The molecule has 0 aliphatic rings. The highest BCUT2D eigenvalue weighted by Gasteiger charge is 2.18. The van der Waals surface area contributed by atoms with Gasteiger partial charge < -0.3 is 9.72 Å². The molecule has 0 saturated heterocycles. The van der Waals surface area contributed by atoms with E-state index in [1.807, 2.05) is 32.2 Å². The lowest BCUT2D eigenvalue weighted by molar-refractivity contribution is 0.160. The first-order valence-corrected chi connectivity index (χ1v) is 8.61. The summed E-state index contributed by atoms with van der Waals surface area (Å²) in [6.07, 6.45) is 3.30. The van der Waals surface area contributed by atoms with E-state index < -0.39 is 0 Å². The summed E-state index contributed by atoms with van der Waals surface area (Å²) in [5.41, 5.74) is 3.03. The second-order valence-electron chi connectivity index (χ2n) is 5.91. The fraction of sp³-hybridized carbons (Fsp3) is 0.300. The Balaban J connectivity index is 2.06. The van der Waals surface area contributed by atoms with Crippen LogP contribution in [0.4, 0.5) is 10.5 Å². The highest BCUT2D eigenvalue weighted by molar-refractivity contribution is 5.94. The van der Waals surface area contributed by atoms with Crippen molar-refractivity contribution < 1.29 is 9.53 Å². The van der Waals surface area contributed by atoms with Crippen LogP contribution in [0.25, 0.3) is 10.8 Å². The Morgan fingerprint density at radius 2 is 2.12 bits per heavy atom. The summed E-state index contributed by atoms with van der Waals surface area (Å²) in [5.74, 6) is 0.155. The molecule has 2 aromatic carbocycles. The number of imidazole rings is 1. The van der Waals surface area contributed by atoms with Crippen LogP contribution in [-0.4, -0.2) is 29.2 Å². The molecule has 25 heavy (non-hydrogen) atoms. The molecule has 1 aromatic heterocycles. The van der Waals surface area contributed by atoms with Crippen LogP contribution >= 0.6 is 0 Å². The molecule has 0 saturated carbocycles. The maximum absolute atomic E-state index is 12.2. The van der Waals surface area contributed by atoms with Crippen molar-refractivity contribution in [3.8, 4) is 0 Å². The zero-order valence-electron chi connectivity index (χ0n) is 14.8. The van der Waals surface area contributed by atoms with E-state index in [-0.39, 0.29) is 12.0 Å². The summed E-state index contributed by atoms with van der Waals surface area (Å²) in [6, 6.07) is 12.3. The van der Waals surface area contributed by atoms with Crippen molar-refractivity contribution in [3.05, 3.63) is 60.2 Å². The van der Waals surface area contributed by atoms with E-state index in [0.717, 1.165) is 22.2 Å². The van der Waals surface area contributed by atoms with Crippen molar-refractivity contribution in [2.75, 3.05) is 18.1 Å². The fourth-order valence-corrected chi connectivity index (χ4v) is 3.12. The van der Waals surface area contributed by atoms with Crippen molar-refractivity contribution >= 4 is 22.6 Å². The van der Waals surface area contributed by atoms with Crippen molar-refractivity contribution in [1.29, 1.82) is 0 Å². The van der Waals surface area contributed by atoms with Crippen LogP contribution in [0, 0.1) is 0 Å². The monoisotopic (exact) mass is 337 g/mol. The van der Waals surface area contributed by atoms with Gasteiger partial charge in [-0.3, -0.25) is 4.90 Å². The van der Waals surface area contributed by atoms with E-state index in [2.05, 4.69) is 41.2 Å². The number of anilines is 1. The average Bonchev–Trinajstić information content (AvgIpc) is 3.16. The van der Waals surface area contributed by atoms with Gasteiger partial charge in [0.15, 0.2) is 0 Å². The third kappa shape index (κ3) is 3.36. The number of rotatable bonds is 5. The Morgan fingerprint density at radius 3 is 2.80 bits per heavy atom. The fourth-order valence-electron chi connectivity index (χ4n) is 3.12. The molecule has 1 amide bonds. The Kier molecular flexibility index (Phi) is 5.03. The molecule has 0 radical (unpaired) electrons. The van der Waals surface area contributed by atoms with E-state index in [9.17, 15) is 4.79 Å². The van der Waals surface area contributed by atoms with Crippen LogP contribution in [0.1, 0.15) is 37.9 Å². The van der Waals surface area contributed by atoms with Gasteiger partial charge in [-0.25, -0.2) is 9.78 Å². The molecule has 1 heterocycles. The minimum Gasteiger partial charge on any atom is -0.449 e. The first kappa shape index (κ1) is 17.0. The Hall–Kier alpha value is -2.82. The Bertz CT molecular complexity index is 859. The molecule has 5 nitrogen and oxygen atoms in total. The first-order valence-electron chi connectivity index (χ1n) is 8.61. The number of benzene rings is 2. The summed E-state index contributed by atoms with van der Waals surface area (Å²) in [7, 11) is 0. The molecule has 0 fully saturated rings. The maximum Gasteiger partial charge on any atom is 0.414 e. The minimum atomic E-state index is -0.317. The summed E-state index contributed by atoms with van der Waals surface area (Å²) in [4.78, 5) is 21.3. The highest BCUT2D eigenvalue weighted by Crippen LogP contribution is 2.32. The van der Waals surface area contributed by atoms with Crippen LogP contribution in [-0.2, 0) is 4.74 Å².